The molecule has 0 bridgehead atoms. The fourth-order valence-electron chi connectivity index (χ4n) is 2.66. The summed E-state index contributed by atoms with van der Waals surface area (Å²) in [5, 5.41) is 8.67. The van der Waals surface area contributed by atoms with Crippen molar-refractivity contribution >= 4 is 0 Å². The molecule has 0 aliphatic heterocycles. The summed E-state index contributed by atoms with van der Waals surface area (Å²) in [6, 6.07) is 0. The molecule has 20 heavy (non-hydrogen) atoms. The van der Waals surface area contributed by atoms with Crippen molar-refractivity contribution in [1.82, 2.24) is 0 Å². The molecule has 2 heteroatoms. The van der Waals surface area contributed by atoms with Gasteiger partial charge in [-0.1, -0.05) is 103 Å². The van der Waals surface area contributed by atoms with Crippen LogP contribution < -0.4 is 0 Å². The molecule has 0 spiro atoms. The number of rotatable bonds is 16. The van der Waals surface area contributed by atoms with E-state index in [-0.39, 0.29) is 21.7 Å². The summed E-state index contributed by atoms with van der Waals surface area (Å²) in [5.41, 5.74) is 0. The van der Waals surface area contributed by atoms with Gasteiger partial charge in [-0.3, -0.25) is 0 Å². The van der Waals surface area contributed by atoms with Crippen molar-refractivity contribution in [2.24, 2.45) is 0 Å². The zero-order chi connectivity index (χ0) is 14.0. The fourth-order valence-corrected chi connectivity index (χ4v) is 2.66. The number of hydrogen-bond donors (Lipinski definition) is 1. The van der Waals surface area contributed by atoms with Gasteiger partial charge in [-0.05, 0) is 6.42 Å². The van der Waals surface area contributed by atoms with Crippen LogP contribution in [-0.4, -0.2) is 11.7 Å². The Hall–Kier alpha value is 0.674. The summed E-state index contributed by atoms with van der Waals surface area (Å²) in [6.45, 7) is 2.66. The van der Waals surface area contributed by atoms with Crippen LogP contribution in [0.2, 0.25) is 0 Å². The Morgan fingerprint density at radius 2 is 0.700 bits per heavy atom. The Kier molecular flexibility index (Phi) is 25.2. The van der Waals surface area contributed by atoms with E-state index in [9.17, 15) is 0 Å². The zero-order valence-corrected chi connectivity index (χ0v) is 15.5. The van der Waals surface area contributed by atoms with Gasteiger partial charge < -0.3 is 5.11 Å². The summed E-state index contributed by atoms with van der Waals surface area (Å²) < 4.78 is 0. The summed E-state index contributed by atoms with van der Waals surface area (Å²) in [4.78, 5) is 0. The van der Waals surface area contributed by atoms with Gasteiger partial charge >= 0.3 is 0 Å². The van der Waals surface area contributed by atoms with Crippen LogP contribution in [0.3, 0.4) is 0 Å². The molecule has 0 heterocycles. The third-order valence-electron chi connectivity index (χ3n) is 4.01. The van der Waals surface area contributed by atoms with E-state index in [2.05, 4.69) is 6.92 Å². The minimum atomic E-state index is 0. The van der Waals surface area contributed by atoms with Crippen molar-refractivity contribution in [1.29, 1.82) is 0 Å². The maximum atomic E-state index is 8.67. The maximum absolute atomic E-state index is 8.67. The first-order valence-corrected chi connectivity index (χ1v) is 9.02. The first-order valence-electron chi connectivity index (χ1n) is 9.02. The van der Waals surface area contributed by atoms with Gasteiger partial charge in [-0.25, -0.2) is 0 Å². The third-order valence-corrected chi connectivity index (χ3v) is 4.01. The molecule has 0 aliphatic rings. The second kappa shape index (κ2) is 22.0. The van der Waals surface area contributed by atoms with E-state index < -0.39 is 0 Å². The van der Waals surface area contributed by atoms with E-state index in [0.717, 1.165) is 6.42 Å². The molecule has 0 aromatic carbocycles. The monoisotopic (exact) mass is 318 g/mol. The Morgan fingerprint density at radius 3 is 0.950 bits per heavy atom. The van der Waals surface area contributed by atoms with Crippen LogP contribution in [0.1, 0.15) is 110 Å². The smallest absolute Gasteiger partial charge is 0.0431 e. The average molecular weight is 318 g/mol. The average Bonchev–Trinajstić information content (AvgIpc) is 2.43. The van der Waals surface area contributed by atoms with Crippen LogP contribution in [0.4, 0.5) is 0 Å². The van der Waals surface area contributed by atoms with E-state index >= 15 is 0 Å². The van der Waals surface area contributed by atoms with Crippen molar-refractivity contribution in [3.8, 4) is 0 Å². The van der Waals surface area contributed by atoms with Gasteiger partial charge in [0, 0.05) is 28.3 Å². The van der Waals surface area contributed by atoms with Crippen LogP contribution in [0.15, 0.2) is 0 Å². The first-order chi connectivity index (χ1) is 9.41. The van der Waals surface area contributed by atoms with Gasteiger partial charge in [0.2, 0.25) is 0 Å². The quantitative estimate of drug-likeness (QED) is 0.264. The van der Waals surface area contributed by atoms with E-state index in [1.165, 1.54) is 96.3 Å². The number of unbranched alkanes of at least 4 members (excludes halogenated alkanes) is 15. The zero-order valence-electron chi connectivity index (χ0n) is 14.0. The van der Waals surface area contributed by atoms with Crippen molar-refractivity contribution in [3.05, 3.63) is 0 Å². The molecule has 0 atom stereocenters. The summed E-state index contributed by atoms with van der Waals surface area (Å²) in [5.74, 6) is 0. The van der Waals surface area contributed by atoms with Crippen LogP contribution >= 0.6 is 0 Å². The molecule has 0 aromatic heterocycles. The van der Waals surface area contributed by atoms with Crippen LogP contribution in [0.25, 0.3) is 0 Å². The van der Waals surface area contributed by atoms with Gasteiger partial charge in [0.1, 0.15) is 0 Å². The maximum Gasteiger partial charge on any atom is 0.0431 e. The molecule has 0 saturated carbocycles. The topological polar surface area (TPSA) is 20.2 Å². The van der Waals surface area contributed by atoms with E-state index in [1.54, 1.807) is 0 Å². The molecule has 0 rings (SSSR count). The standard InChI is InChI=1S/C18H38O.Ti/c1-2-3-4-5-6-7-8-9-10-11-12-13-14-15-16-17-18-19;/h19H,2-18H2,1H3;. The predicted molar refractivity (Wildman–Crippen MR) is 86.6 cm³/mol. The van der Waals surface area contributed by atoms with Crippen LogP contribution in [0, 0.1) is 0 Å². The van der Waals surface area contributed by atoms with Crippen LogP contribution in [0.5, 0.6) is 0 Å². The normalized spacial score (nSPS) is 10.5. The van der Waals surface area contributed by atoms with Gasteiger partial charge in [0.05, 0.1) is 0 Å². The second-order valence-electron chi connectivity index (χ2n) is 6.03. The Labute approximate surface area is 143 Å². The molecule has 0 fully saturated rings. The van der Waals surface area contributed by atoms with Crippen molar-refractivity contribution < 1.29 is 26.8 Å². The summed E-state index contributed by atoms with van der Waals surface area (Å²) in [7, 11) is 0. The molecule has 0 saturated heterocycles. The summed E-state index contributed by atoms with van der Waals surface area (Å²) in [6.07, 6.45) is 22.2. The van der Waals surface area contributed by atoms with Crippen molar-refractivity contribution in [3.63, 3.8) is 0 Å². The Balaban J connectivity index is 0. The molecule has 0 aromatic rings. The fraction of sp³-hybridized carbons (Fsp3) is 1.00. The molecular formula is C18H38OTi. The molecule has 0 unspecified atom stereocenters. The molecule has 1 N–H and O–H groups in total. The van der Waals surface area contributed by atoms with Crippen LogP contribution in [-0.2, 0) is 21.7 Å². The Bertz CT molecular complexity index is 134. The van der Waals surface area contributed by atoms with Crippen molar-refractivity contribution in [2.45, 2.75) is 110 Å². The second-order valence-corrected chi connectivity index (χ2v) is 6.03. The van der Waals surface area contributed by atoms with E-state index in [4.69, 9.17) is 5.11 Å². The van der Waals surface area contributed by atoms with E-state index in [1.807, 2.05) is 0 Å². The molecule has 0 radical (unpaired) electrons. The minimum Gasteiger partial charge on any atom is -0.396 e. The molecular weight excluding hydrogens is 280 g/mol. The van der Waals surface area contributed by atoms with Gasteiger partial charge in [-0.15, -0.1) is 0 Å². The molecule has 0 amide bonds. The largest absolute Gasteiger partial charge is 0.396 e. The third kappa shape index (κ3) is 21.0. The molecule has 0 aliphatic carbocycles. The molecule has 120 valence electrons. The van der Waals surface area contributed by atoms with Gasteiger partial charge in [0.25, 0.3) is 0 Å². The SMILES string of the molecule is CCCCCCCCCCCCCCCCCCO.[Ti]. The predicted octanol–water partition coefficient (Wildman–Crippen LogP) is 6.24. The van der Waals surface area contributed by atoms with Gasteiger partial charge in [0.15, 0.2) is 0 Å². The number of aliphatic hydroxyl groups excluding tert-OH is 1. The minimum absolute atomic E-state index is 0. The van der Waals surface area contributed by atoms with Crippen molar-refractivity contribution in [2.75, 3.05) is 6.61 Å². The Morgan fingerprint density at radius 1 is 0.450 bits per heavy atom. The molecule has 1 nitrogen and oxygen atoms in total. The number of aliphatic hydroxyl groups is 1. The summed E-state index contributed by atoms with van der Waals surface area (Å²) >= 11 is 0. The number of hydrogen-bond acceptors (Lipinski definition) is 1. The first kappa shape index (κ1) is 22.9. The van der Waals surface area contributed by atoms with Gasteiger partial charge in [-0.2, -0.15) is 0 Å². The van der Waals surface area contributed by atoms with E-state index in [0.29, 0.717) is 6.61 Å².